The number of benzene rings is 1. The van der Waals surface area contributed by atoms with E-state index in [4.69, 9.17) is 5.73 Å². The maximum Gasteiger partial charge on any atom is 0.0297 e. The molecule has 1 atom stereocenters. The van der Waals surface area contributed by atoms with Gasteiger partial charge in [-0.15, -0.1) is 0 Å². The fraction of sp³-hybridized carbons (Fsp3) is 0.647. The van der Waals surface area contributed by atoms with Crippen LogP contribution in [0.25, 0.3) is 0 Å². The standard InChI is InChI=1S/C17H27N/c1-13(2)11-14-9-10-15-7-5-3-4-6-8-17(18)16(15)12-14/h9-10,12-13,17H,3-8,11,18H2,1-2H3. The van der Waals surface area contributed by atoms with E-state index in [0.29, 0.717) is 0 Å². The summed E-state index contributed by atoms with van der Waals surface area (Å²) in [5.74, 6) is 0.718. The lowest BCUT2D eigenvalue weighted by Crippen LogP contribution is -2.13. The molecule has 0 bridgehead atoms. The van der Waals surface area contributed by atoms with Crippen LogP contribution in [0.4, 0.5) is 0 Å². The topological polar surface area (TPSA) is 26.0 Å². The van der Waals surface area contributed by atoms with E-state index in [2.05, 4.69) is 32.0 Å². The summed E-state index contributed by atoms with van der Waals surface area (Å²) in [6.45, 7) is 4.56. The summed E-state index contributed by atoms with van der Waals surface area (Å²) in [4.78, 5) is 0. The van der Waals surface area contributed by atoms with E-state index < -0.39 is 0 Å². The Morgan fingerprint density at radius 1 is 1.17 bits per heavy atom. The number of rotatable bonds is 2. The molecule has 0 fully saturated rings. The Hall–Kier alpha value is -0.820. The molecule has 0 saturated carbocycles. The molecule has 2 rings (SSSR count). The molecule has 1 heteroatoms. The van der Waals surface area contributed by atoms with Gasteiger partial charge < -0.3 is 5.73 Å². The van der Waals surface area contributed by atoms with Crippen molar-refractivity contribution in [1.82, 2.24) is 0 Å². The zero-order valence-corrected chi connectivity index (χ0v) is 11.9. The molecule has 0 aliphatic heterocycles. The second kappa shape index (κ2) is 6.38. The lowest BCUT2D eigenvalue weighted by Gasteiger charge is -2.17. The fourth-order valence-corrected chi connectivity index (χ4v) is 3.00. The molecule has 1 nitrogen and oxygen atoms in total. The van der Waals surface area contributed by atoms with E-state index in [-0.39, 0.29) is 6.04 Å². The van der Waals surface area contributed by atoms with Gasteiger partial charge in [-0.25, -0.2) is 0 Å². The van der Waals surface area contributed by atoms with Crippen molar-refractivity contribution in [3.8, 4) is 0 Å². The largest absolute Gasteiger partial charge is 0.324 e. The van der Waals surface area contributed by atoms with Gasteiger partial charge in [-0.1, -0.05) is 51.3 Å². The Morgan fingerprint density at radius 3 is 2.72 bits per heavy atom. The van der Waals surface area contributed by atoms with Crippen molar-refractivity contribution >= 4 is 0 Å². The number of hydrogen-bond donors (Lipinski definition) is 1. The Morgan fingerprint density at radius 2 is 1.94 bits per heavy atom. The quantitative estimate of drug-likeness (QED) is 0.821. The highest BCUT2D eigenvalue weighted by molar-refractivity contribution is 5.35. The van der Waals surface area contributed by atoms with Crippen LogP contribution in [0, 0.1) is 5.92 Å². The summed E-state index contributed by atoms with van der Waals surface area (Å²) in [7, 11) is 0. The lowest BCUT2D eigenvalue weighted by molar-refractivity contribution is 0.573. The minimum atomic E-state index is 0.255. The van der Waals surface area contributed by atoms with E-state index in [0.717, 1.165) is 12.3 Å². The monoisotopic (exact) mass is 245 g/mol. The molecule has 1 aromatic carbocycles. The van der Waals surface area contributed by atoms with E-state index >= 15 is 0 Å². The van der Waals surface area contributed by atoms with E-state index in [1.165, 1.54) is 55.2 Å². The third kappa shape index (κ3) is 3.58. The normalized spacial score (nSPS) is 21.0. The first-order valence-corrected chi connectivity index (χ1v) is 7.54. The fourth-order valence-electron chi connectivity index (χ4n) is 3.00. The predicted molar refractivity (Wildman–Crippen MR) is 78.7 cm³/mol. The Kier molecular flexibility index (Phi) is 4.82. The van der Waals surface area contributed by atoms with Crippen molar-refractivity contribution in [2.75, 3.05) is 0 Å². The van der Waals surface area contributed by atoms with Crippen molar-refractivity contribution < 1.29 is 0 Å². The van der Waals surface area contributed by atoms with Gasteiger partial charge in [-0.3, -0.25) is 0 Å². The predicted octanol–water partition coefficient (Wildman–Crippen LogP) is 4.39. The highest BCUT2D eigenvalue weighted by atomic mass is 14.6. The number of fused-ring (bicyclic) bond motifs is 1. The van der Waals surface area contributed by atoms with Crippen LogP contribution in [0.3, 0.4) is 0 Å². The third-order valence-corrected chi connectivity index (χ3v) is 3.96. The van der Waals surface area contributed by atoms with E-state index in [1.54, 1.807) is 0 Å². The van der Waals surface area contributed by atoms with E-state index in [1.807, 2.05) is 0 Å². The number of nitrogens with two attached hydrogens (primary N) is 1. The maximum absolute atomic E-state index is 6.38. The SMILES string of the molecule is CC(C)Cc1ccc2c(c1)C(N)CCCCCC2. The molecule has 0 saturated heterocycles. The molecule has 100 valence electrons. The first kappa shape index (κ1) is 13.6. The molecule has 0 spiro atoms. The van der Waals surface area contributed by atoms with Gasteiger partial charge in [0.1, 0.15) is 0 Å². The molecule has 18 heavy (non-hydrogen) atoms. The van der Waals surface area contributed by atoms with Crippen LogP contribution in [0.15, 0.2) is 18.2 Å². The average Bonchev–Trinajstić information content (AvgIpc) is 2.41. The van der Waals surface area contributed by atoms with Gasteiger partial charge in [0.15, 0.2) is 0 Å². The van der Waals surface area contributed by atoms with Gasteiger partial charge in [-0.05, 0) is 48.3 Å². The molecule has 1 aliphatic carbocycles. The van der Waals surface area contributed by atoms with Crippen LogP contribution >= 0.6 is 0 Å². The number of hydrogen-bond acceptors (Lipinski definition) is 1. The third-order valence-electron chi connectivity index (χ3n) is 3.96. The molecular formula is C17H27N. The van der Waals surface area contributed by atoms with Crippen LogP contribution in [-0.4, -0.2) is 0 Å². The summed E-state index contributed by atoms with van der Waals surface area (Å²) in [6, 6.07) is 7.28. The van der Waals surface area contributed by atoms with E-state index in [9.17, 15) is 0 Å². The summed E-state index contributed by atoms with van der Waals surface area (Å²) < 4.78 is 0. The summed E-state index contributed by atoms with van der Waals surface area (Å²) in [6.07, 6.45) is 8.85. The number of aryl methyl sites for hydroxylation is 1. The molecule has 0 radical (unpaired) electrons. The molecule has 1 aliphatic rings. The molecule has 1 aromatic rings. The molecule has 0 amide bonds. The first-order chi connectivity index (χ1) is 8.66. The molecule has 0 aromatic heterocycles. The zero-order chi connectivity index (χ0) is 13.0. The summed E-state index contributed by atoms with van der Waals surface area (Å²) in [5, 5.41) is 0. The second-order valence-corrected chi connectivity index (χ2v) is 6.19. The van der Waals surface area contributed by atoms with Gasteiger partial charge in [0, 0.05) is 6.04 Å². The van der Waals surface area contributed by atoms with Gasteiger partial charge >= 0.3 is 0 Å². The minimum absolute atomic E-state index is 0.255. The average molecular weight is 245 g/mol. The van der Waals surface area contributed by atoms with Crippen molar-refractivity contribution in [2.24, 2.45) is 11.7 Å². The van der Waals surface area contributed by atoms with Gasteiger partial charge in [-0.2, -0.15) is 0 Å². The van der Waals surface area contributed by atoms with Gasteiger partial charge in [0.05, 0.1) is 0 Å². The lowest BCUT2D eigenvalue weighted by atomic mass is 9.91. The van der Waals surface area contributed by atoms with Crippen LogP contribution in [0.5, 0.6) is 0 Å². The minimum Gasteiger partial charge on any atom is -0.324 e. The zero-order valence-electron chi connectivity index (χ0n) is 11.9. The van der Waals surface area contributed by atoms with Gasteiger partial charge in [0.25, 0.3) is 0 Å². The highest BCUT2D eigenvalue weighted by Crippen LogP contribution is 2.27. The van der Waals surface area contributed by atoms with Crippen molar-refractivity contribution in [1.29, 1.82) is 0 Å². The van der Waals surface area contributed by atoms with Crippen molar-refractivity contribution in [2.45, 2.75) is 64.8 Å². The van der Waals surface area contributed by atoms with Crippen molar-refractivity contribution in [3.63, 3.8) is 0 Å². The molecule has 1 unspecified atom stereocenters. The summed E-state index contributed by atoms with van der Waals surface area (Å²) >= 11 is 0. The second-order valence-electron chi connectivity index (χ2n) is 6.19. The Balaban J connectivity index is 2.25. The smallest absolute Gasteiger partial charge is 0.0297 e. The van der Waals surface area contributed by atoms with Crippen LogP contribution in [0.2, 0.25) is 0 Å². The van der Waals surface area contributed by atoms with Crippen LogP contribution < -0.4 is 5.73 Å². The Labute approximate surface area is 112 Å². The van der Waals surface area contributed by atoms with Crippen LogP contribution in [0.1, 0.15) is 68.7 Å². The first-order valence-electron chi connectivity index (χ1n) is 7.54. The molecule has 2 N–H and O–H groups in total. The highest BCUT2D eigenvalue weighted by Gasteiger charge is 2.14. The van der Waals surface area contributed by atoms with Crippen molar-refractivity contribution in [3.05, 3.63) is 34.9 Å². The van der Waals surface area contributed by atoms with Crippen LogP contribution in [-0.2, 0) is 12.8 Å². The molecular weight excluding hydrogens is 218 g/mol. The Bertz CT molecular complexity index is 381. The maximum atomic E-state index is 6.38. The molecule has 0 heterocycles. The summed E-state index contributed by atoms with van der Waals surface area (Å²) in [5.41, 5.74) is 10.8. The van der Waals surface area contributed by atoms with Gasteiger partial charge in [0.2, 0.25) is 0 Å².